The highest BCUT2D eigenvalue weighted by Crippen LogP contribution is 2.32. The van der Waals surface area contributed by atoms with E-state index in [0.717, 1.165) is 12.8 Å². The van der Waals surface area contributed by atoms with E-state index in [-0.39, 0.29) is 12.0 Å². The number of ether oxygens (including phenoxy) is 2. The largest absolute Gasteiger partial charge is 0.486 e. The van der Waals surface area contributed by atoms with E-state index in [1.165, 1.54) is 0 Å². The van der Waals surface area contributed by atoms with Crippen LogP contribution in [0.2, 0.25) is 0 Å². The summed E-state index contributed by atoms with van der Waals surface area (Å²) in [4.78, 5) is 23.6. The van der Waals surface area contributed by atoms with Crippen molar-refractivity contribution >= 4 is 11.9 Å². The Morgan fingerprint density at radius 1 is 1.13 bits per heavy atom. The van der Waals surface area contributed by atoms with Crippen molar-refractivity contribution < 1.29 is 24.2 Å². The van der Waals surface area contributed by atoms with E-state index >= 15 is 0 Å². The van der Waals surface area contributed by atoms with Crippen LogP contribution in [0, 0.1) is 11.8 Å². The lowest BCUT2D eigenvalue weighted by atomic mass is 9.78. The molecule has 1 aromatic rings. The maximum atomic E-state index is 12.3. The Morgan fingerprint density at radius 2 is 1.83 bits per heavy atom. The van der Waals surface area contributed by atoms with Gasteiger partial charge >= 0.3 is 5.97 Å². The summed E-state index contributed by atoms with van der Waals surface area (Å²) in [5.41, 5.74) is 0. The highest BCUT2D eigenvalue weighted by molar-refractivity contribution is 5.84. The standard InChI is InChI=1S/C17H21NO5/c19-16(12-5-1-2-6-13(12)17(20)21)18-9-11-10-22-14-7-3-4-8-15(14)23-11/h3-4,7-8,11-13H,1-2,5-6,9-10H2,(H,18,19)(H,20,21)/t11-,12+,13+/m1/s1. The van der Waals surface area contributed by atoms with Crippen molar-refractivity contribution in [3.63, 3.8) is 0 Å². The van der Waals surface area contributed by atoms with Crippen LogP contribution in [0.1, 0.15) is 25.7 Å². The Balaban J connectivity index is 1.54. The van der Waals surface area contributed by atoms with E-state index in [9.17, 15) is 14.7 Å². The maximum absolute atomic E-state index is 12.3. The highest BCUT2D eigenvalue weighted by Gasteiger charge is 2.36. The van der Waals surface area contributed by atoms with Gasteiger partial charge in [0.1, 0.15) is 12.7 Å². The normalized spacial score (nSPS) is 26.3. The molecule has 0 radical (unpaired) electrons. The molecular formula is C17H21NO5. The number of aliphatic carboxylic acids is 1. The number of para-hydroxylation sites is 2. The second-order valence-corrected chi connectivity index (χ2v) is 6.08. The molecule has 1 aliphatic carbocycles. The van der Waals surface area contributed by atoms with Crippen LogP contribution < -0.4 is 14.8 Å². The molecule has 6 heteroatoms. The van der Waals surface area contributed by atoms with Gasteiger partial charge < -0.3 is 19.9 Å². The van der Waals surface area contributed by atoms with Gasteiger partial charge in [-0.05, 0) is 25.0 Å². The van der Waals surface area contributed by atoms with Crippen LogP contribution in [0.4, 0.5) is 0 Å². The third kappa shape index (κ3) is 3.57. The summed E-state index contributed by atoms with van der Waals surface area (Å²) in [5.74, 6) is -0.728. The molecule has 0 saturated heterocycles. The van der Waals surface area contributed by atoms with Crippen molar-refractivity contribution in [1.82, 2.24) is 5.32 Å². The maximum Gasteiger partial charge on any atom is 0.307 e. The number of rotatable bonds is 4. The van der Waals surface area contributed by atoms with Gasteiger partial charge in [-0.3, -0.25) is 9.59 Å². The summed E-state index contributed by atoms with van der Waals surface area (Å²) in [5, 5.41) is 12.1. The van der Waals surface area contributed by atoms with Gasteiger partial charge in [-0.2, -0.15) is 0 Å². The van der Waals surface area contributed by atoms with E-state index < -0.39 is 17.8 Å². The monoisotopic (exact) mass is 319 g/mol. The van der Waals surface area contributed by atoms with Gasteiger partial charge in [-0.1, -0.05) is 25.0 Å². The molecule has 1 aliphatic heterocycles. The number of carboxylic acid groups (broad SMARTS) is 1. The minimum Gasteiger partial charge on any atom is -0.486 e. The smallest absolute Gasteiger partial charge is 0.307 e. The Bertz CT molecular complexity index is 588. The fourth-order valence-electron chi connectivity index (χ4n) is 3.25. The highest BCUT2D eigenvalue weighted by atomic mass is 16.6. The third-order valence-corrected chi connectivity index (χ3v) is 4.49. The number of hydrogen-bond acceptors (Lipinski definition) is 4. The van der Waals surface area contributed by atoms with Crippen LogP contribution in [0.5, 0.6) is 11.5 Å². The number of carbonyl (C=O) groups excluding carboxylic acids is 1. The van der Waals surface area contributed by atoms with Crippen LogP contribution in [0.25, 0.3) is 0 Å². The second-order valence-electron chi connectivity index (χ2n) is 6.08. The van der Waals surface area contributed by atoms with Crippen LogP contribution in [-0.2, 0) is 9.59 Å². The Kier molecular flexibility index (Phi) is 4.69. The van der Waals surface area contributed by atoms with Crippen molar-refractivity contribution in [2.75, 3.05) is 13.2 Å². The number of amides is 1. The fourth-order valence-corrected chi connectivity index (χ4v) is 3.25. The van der Waals surface area contributed by atoms with Gasteiger partial charge in [0, 0.05) is 0 Å². The summed E-state index contributed by atoms with van der Waals surface area (Å²) in [6.45, 7) is 0.681. The van der Waals surface area contributed by atoms with Gasteiger partial charge in [0.05, 0.1) is 18.4 Å². The molecule has 0 spiro atoms. The van der Waals surface area contributed by atoms with Crippen LogP contribution in [0.3, 0.4) is 0 Å². The minimum absolute atomic E-state index is 0.195. The first-order valence-electron chi connectivity index (χ1n) is 8.04. The average Bonchev–Trinajstić information content (AvgIpc) is 2.59. The summed E-state index contributed by atoms with van der Waals surface area (Å²) in [6.07, 6.45) is 2.72. The first-order chi connectivity index (χ1) is 11.1. The van der Waals surface area contributed by atoms with Crippen molar-refractivity contribution in [3.05, 3.63) is 24.3 Å². The number of nitrogens with one attached hydrogen (secondary N) is 1. The van der Waals surface area contributed by atoms with Crippen LogP contribution >= 0.6 is 0 Å². The predicted molar refractivity (Wildman–Crippen MR) is 82.4 cm³/mol. The van der Waals surface area contributed by atoms with Crippen molar-refractivity contribution in [3.8, 4) is 11.5 Å². The Morgan fingerprint density at radius 3 is 2.57 bits per heavy atom. The second kappa shape index (κ2) is 6.89. The van der Waals surface area contributed by atoms with Crippen LogP contribution in [0.15, 0.2) is 24.3 Å². The van der Waals surface area contributed by atoms with Gasteiger partial charge in [0.2, 0.25) is 5.91 Å². The number of fused-ring (bicyclic) bond motifs is 1. The lowest BCUT2D eigenvalue weighted by Crippen LogP contribution is -2.45. The molecule has 1 amide bonds. The minimum atomic E-state index is -0.879. The van der Waals surface area contributed by atoms with Gasteiger partial charge in [-0.15, -0.1) is 0 Å². The Labute approximate surface area is 134 Å². The molecule has 0 aromatic heterocycles. The molecule has 6 nitrogen and oxygen atoms in total. The molecule has 1 fully saturated rings. The molecule has 2 N–H and O–H groups in total. The first-order valence-corrected chi connectivity index (χ1v) is 8.04. The molecule has 2 aliphatic rings. The summed E-state index contributed by atoms with van der Waals surface area (Å²) < 4.78 is 11.4. The van der Waals surface area contributed by atoms with Crippen LogP contribution in [-0.4, -0.2) is 36.2 Å². The number of carbonyl (C=O) groups is 2. The molecule has 3 atom stereocenters. The lowest BCUT2D eigenvalue weighted by Gasteiger charge is -2.29. The quantitative estimate of drug-likeness (QED) is 0.884. The number of hydrogen-bond donors (Lipinski definition) is 2. The summed E-state index contributed by atoms with van der Waals surface area (Å²) in [6, 6.07) is 7.40. The molecule has 1 aromatic carbocycles. The lowest BCUT2D eigenvalue weighted by molar-refractivity contribution is -0.149. The first kappa shape index (κ1) is 15.6. The SMILES string of the molecule is O=C(O)[C@H]1CCCC[C@@H]1C(=O)NC[C@@H]1COc2ccccc2O1. The third-order valence-electron chi connectivity index (χ3n) is 4.49. The Hall–Kier alpha value is -2.24. The summed E-state index contributed by atoms with van der Waals surface area (Å²) >= 11 is 0. The molecule has 1 saturated carbocycles. The predicted octanol–water partition coefficient (Wildman–Crippen LogP) is 1.83. The zero-order chi connectivity index (χ0) is 16.2. The molecular weight excluding hydrogens is 298 g/mol. The molecule has 3 rings (SSSR count). The zero-order valence-corrected chi connectivity index (χ0v) is 12.9. The van der Waals surface area contributed by atoms with E-state index in [2.05, 4.69) is 5.32 Å². The zero-order valence-electron chi connectivity index (χ0n) is 12.9. The number of carboxylic acids is 1. The molecule has 124 valence electrons. The van der Waals surface area contributed by atoms with E-state index in [4.69, 9.17) is 9.47 Å². The van der Waals surface area contributed by atoms with Crippen molar-refractivity contribution in [2.45, 2.75) is 31.8 Å². The molecule has 23 heavy (non-hydrogen) atoms. The molecule has 0 unspecified atom stereocenters. The van der Waals surface area contributed by atoms with Gasteiger partial charge in [0.15, 0.2) is 11.5 Å². The number of benzene rings is 1. The van der Waals surface area contributed by atoms with Gasteiger partial charge in [-0.25, -0.2) is 0 Å². The van der Waals surface area contributed by atoms with Crippen molar-refractivity contribution in [1.29, 1.82) is 0 Å². The van der Waals surface area contributed by atoms with E-state index in [1.807, 2.05) is 24.3 Å². The van der Waals surface area contributed by atoms with E-state index in [1.54, 1.807) is 0 Å². The molecule has 0 bridgehead atoms. The summed E-state index contributed by atoms with van der Waals surface area (Å²) in [7, 11) is 0. The van der Waals surface area contributed by atoms with E-state index in [0.29, 0.717) is 37.5 Å². The fraction of sp³-hybridized carbons (Fsp3) is 0.529. The van der Waals surface area contributed by atoms with Crippen molar-refractivity contribution in [2.24, 2.45) is 11.8 Å². The van der Waals surface area contributed by atoms with Gasteiger partial charge in [0.25, 0.3) is 0 Å². The topological polar surface area (TPSA) is 84.9 Å². The molecule has 1 heterocycles. The average molecular weight is 319 g/mol.